The molecule has 0 spiro atoms. The third kappa shape index (κ3) is 2.66. The van der Waals surface area contributed by atoms with Gasteiger partial charge in [0.05, 0.1) is 12.3 Å². The summed E-state index contributed by atoms with van der Waals surface area (Å²) < 4.78 is 5.09. The molecule has 18 heavy (non-hydrogen) atoms. The Balaban J connectivity index is 2.06. The number of rotatable bonds is 5. The van der Waals surface area contributed by atoms with E-state index in [-0.39, 0.29) is 5.97 Å². The number of thiazole rings is 1. The van der Waals surface area contributed by atoms with Crippen molar-refractivity contribution in [2.24, 2.45) is 5.92 Å². The maximum absolute atomic E-state index is 11.9. The van der Waals surface area contributed by atoms with Gasteiger partial charge in [0.1, 0.15) is 5.41 Å². The zero-order valence-corrected chi connectivity index (χ0v) is 12.1. The van der Waals surface area contributed by atoms with Gasteiger partial charge in [-0.05, 0) is 33.1 Å². The largest absolute Gasteiger partial charge is 0.465 e. The first-order chi connectivity index (χ1) is 8.45. The van der Waals surface area contributed by atoms with Gasteiger partial charge in [-0.3, -0.25) is 4.79 Å². The van der Waals surface area contributed by atoms with Crippen LogP contribution < -0.4 is 5.32 Å². The zero-order chi connectivity index (χ0) is 13.3. The average Bonchev–Trinajstić information content (AvgIpc) is 2.79. The lowest BCUT2D eigenvalue weighted by atomic mass is 9.90. The first-order valence-corrected chi connectivity index (χ1v) is 7.23. The minimum Gasteiger partial charge on any atom is -0.465 e. The van der Waals surface area contributed by atoms with Gasteiger partial charge < -0.3 is 10.1 Å². The van der Waals surface area contributed by atoms with Crippen molar-refractivity contribution in [3.05, 3.63) is 11.1 Å². The van der Waals surface area contributed by atoms with Gasteiger partial charge in [-0.25, -0.2) is 4.98 Å². The summed E-state index contributed by atoms with van der Waals surface area (Å²) in [5.74, 6) is 0.511. The van der Waals surface area contributed by atoms with Crippen molar-refractivity contribution < 1.29 is 9.53 Å². The van der Waals surface area contributed by atoms with Crippen LogP contribution in [0, 0.1) is 5.92 Å². The normalized spacial score (nSPS) is 22.7. The van der Waals surface area contributed by atoms with Crippen LogP contribution in [0.4, 0.5) is 5.13 Å². The van der Waals surface area contributed by atoms with E-state index < -0.39 is 5.41 Å². The predicted octanol–water partition coefficient (Wildman–Crippen LogP) is 2.80. The number of carbonyl (C=O) groups excluding carboxylic acids is 1. The minimum atomic E-state index is -0.679. The number of carbonyl (C=O) groups is 1. The summed E-state index contributed by atoms with van der Waals surface area (Å²) >= 11 is 1.55. The Bertz CT molecular complexity index is 442. The van der Waals surface area contributed by atoms with Crippen LogP contribution in [0.5, 0.6) is 0 Å². The second-order valence-electron chi connectivity index (χ2n) is 5.35. The Morgan fingerprint density at radius 2 is 2.33 bits per heavy atom. The quantitative estimate of drug-likeness (QED) is 0.834. The number of hydrogen-bond acceptors (Lipinski definition) is 5. The van der Waals surface area contributed by atoms with E-state index in [2.05, 4.69) is 17.2 Å². The molecule has 1 fully saturated rings. The van der Waals surface area contributed by atoms with Crippen molar-refractivity contribution in [3.63, 3.8) is 0 Å². The molecule has 1 aliphatic carbocycles. The molecule has 100 valence electrons. The van der Waals surface area contributed by atoms with Crippen molar-refractivity contribution in [2.75, 3.05) is 11.9 Å². The molecule has 1 heterocycles. The van der Waals surface area contributed by atoms with Crippen molar-refractivity contribution >= 4 is 22.4 Å². The van der Waals surface area contributed by atoms with E-state index in [0.29, 0.717) is 12.6 Å². The highest BCUT2D eigenvalue weighted by atomic mass is 32.1. The van der Waals surface area contributed by atoms with E-state index >= 15 is 0 Å². The Kier molecular flexibility index (Phi) is 3.61. The van der Waals surface area contributed by atoms with E-state index in [0.717, 1.165) is 16.7 Å². The van der Waals surface area contributed by atoms with Crippen LogP contribution in [-0.4, -0.2) is 23.6 Å². The molecule has 0 saturated heterocycles. The van der Waals surface area contributed by atoms with Crippen LogP contribution in [-0.2, 0) is 14.9 Å². The molecule has 4 nitrogen and oxygen atoms in total. The number of nitrogens with zero attached hydrogens (tertiary/aromatic N) is 1. The van der Waals surface area contributed by atoms with Crippen molar-refractivity contribution in [2.45, 2.75) is 45.6 Å². The van der Waals surface area contributed by atoms with E-state index in [9.17, 15) is 4.79 Å². The number of hydrogen-bond donors (Lipinski definition) is 1. The van der Waals surface area contributed by atoms with E-state index in [1.54, 1.807) is 11.3 Å². The molecule has 1 saturated carbocycles. The van der Waals surface area contributed by atoms with Gasteiger partial charge >= 0.3 is 5.97 Å². The van der Waals surface area contributed by atoms with Crippen molar-refractivity contribution in [1.29, 1.82) is 0 Å². The van der Waals surface area contributed by atoms with Crippen LogP contribution in [0.15, 0.2) is 5.38 Å². The molecular formula is C13H20N2O2S. The van der Waals surface area contributed by atoms with Crippen LogP contribution in [0.25, 0.3) is 0 Å². The first kappa shape index (κ1) is 13.3. The van der Waals surface area contributed by atoms with Gasteiger partial charge in [-0.15, -0.1) is 11.3 Å². The fourth-order valence-corrected chi connectivity index (χ4v) is 2.67. The molecule has 1 aromatic rings. The smallest absolute Gasteiger partial charge is 0.317 e. The molecule has 0 radical (unpaired) electrons. The van der Waals surface area contributed by atoms with Crippen molar-refractivity contribution in [1.82, 2.24) is 4.98 Å². The van der Waals surface area contributed by atoms with Crippen LogP contribution in [0.2, 0.25) is 0 Å². The Hall–Kier alpha value is -1.10. The maximum Gasteiger partial charge on any atom is 0.317 e. The number of anilines is 1. The number of aromatic nitrogens is 1. The third-order valence-corrected chi connectivity index (χ3v) is 4.12. The van der Waals surface area contributed by atoms with Gasteiger partial charge in [0.2, 0.25) is 0 Å². The van der Waals surface area contributed by atoms with E-state index in [1.807, 2.05) is 26.2 Å². The summed E-state index contributed by atoms with van der Waals surface area (Å²) in [6, 6.07) is 0.551. The van der Waals surface area contributed by atoms with E-state index in [1.165, 1.54) is 6.42 Å². The molecule has 1 aliphatic rings. The Labute approximate surface area is 112 Å². The Morgan fingerprint density at radius 3 is 2.89 bits per heavy atom. The van der Waals surface area contributed by atoms with Gasteiger partial charge in [0, 0.05) is 11.4 Å². The second kappa shape index (κ2) is 4.88. The molecule has 2 rings (SSSR count). The van der Waals surface area contributed by atoms with Gasteiger partial charge in [0.15, 0.2) is 5.13 Å². The summed E-state index contributed by atoms with van der Waals surface area (Å²) in [4.78, 5) is 16.4. The first-order valence-electron chi connectivity index (χ1n) is 6.35. The van der Waals surface area contributed by atoms with Crippen LogP contribution in [0.1, 0.15) is 39.8 Å². The maximum atomic E-state index is 11.9. The summed E-state index contributed by atoms with van der Waals surface area (Å²) in [7, 11) is 0. The fourth-order valence-electron chi connectivity index (χ4n) is 1.72. The highest BCUT2D eigenvalue weighted by molar-refractivity contribution is 7.13. The van der Waals surface area contributed by atoms with Crippen LogP contribution >= 0.6 is 11.3 Å². The molecule has 2 unspecified atom stereocenters. The predicted molar refractivity (Wildman–Crippen MR) is 73.0 cm³/mol. The van der Waals surface area contributed by atoms with Gasteiger partial charge in [-0.2, -0.15) is 0 Å². The SMILES string of the molecule is CCOC(=O)C(C)(C)c1csc(NC2CC2C)n1. The zero-order valence-electron chi connectivity index (χ0n) is 11.3. The lowest BCUT2D eigenvalue weighted by Crippen LogP contribution is -2.31. The van der Waals surface area contributed by atoms with Gasteiger partial charge in [-0.1, -0.05) is 6.92 Å². The van der Waals surface area contributed by atoms with Crippen LogP contribution in [0.3, 0.4) is 0 Å². The molecule has 0 aromatic carbocycles. The molecule has 1 aromatic heterocycles. The number of esters is 1. The third-order valence-electron chi connectivity index (χ3n) is 3.35. The molecular weight excluding hydrogens is 248 g/mol. The average molecular weight is 268 g/mol. The topological polar surface area (TPSA) is 51.2 Å². The Morgan fingerprint density at radius 1 is 1.67 bits per heavy atom. The van der Waals surface area contributed by atoms with Gasteiger partial charge in [0.25, 0.3) is 0 Å². The lowest BCUT2D eigenvalue weighted by molar-refractivity contribution is -0.148. The summed E-state index contributed by atoms with van der Waals surface area (Å²) in [6.07, 6.45) is 1.20. The number of ether oxygens (including phenoxy) is 1. The molecule has 2 atom stereocenters. The summed E-state index contributed by atoms with van der Waals surface area (Å²) in [5, 5.41) is 6.22. The molecule has 0 bridgehead atoms. The second-order valence-corrected chi connectivity index (χ2v) is 6.21. The highest BCUT2D eigenvalue weighted by Crippen LogP contribution is 2.35. The highest BCUT2D eigenvalue weighted by Gasteiger charge is 2.36. The summed E-state index contributed by atoms with van der Waals surface area (Å²) in [5.41, 5.74) is 0.100. The van der Waals surface area contributed by atoms with E-state index in [4.69, 9.17) is 4.74 Å². The monoisotopic (exact) mass is 268 g/mol. The summed E-state index contributed by atoms with van der Waals surface area (Å²) in [6.45, 7) is 8.13. The molecule has 5 heteroatoms. The lowest BCUT2D eigenvalue weighted by Gasteiger charge is -2.19. The number of nitrogens with one attached hydrogen (secondary N) is 1. The fraction of sp³-hybridized carbons (Fsp3) is 0.692. The van der Waals surface area contributed by atoms with Crippen molar-refractivity contribution in [3.8, 4) is 0 Å². The molecule has 1 N–H and O–H groups in total. The standard InChI is InChI=1S/C13H20N2O2S/c1-5-17-11(16)13(3,4)10-7-18-12(15-10)14-9-6-8(9)2/h7-9H,5-6H2,1-4H3,(H,14,15). The molecule has 0 aliphatic heterocycles. The minimum absolute atomic E-state index is 0.221. The molecule has 0 amide bonds.